The van der Waals surface area contributed by atoms with Crippen LogP contribution in [0.4, 0.5) is 0 Å². The number of carbonyl (C=O) groups is 1. The summed E-state index contributed by atoms with van der Waals surface area (Å²) >= 11 is 5.80. The highest BCUT2D eigenvalue weighted by molar-refractivity contribution is 6.33. The normalized spacial score (nSPS) is 10.6. The molecule has 0 amide bonds. The van der Waals surface area contributed by atoms with E-state index in [0.717, 1.165) is 0 Å². The lowest BCUT2D eigenvalue weighted by atomic mass is 10.1. The van der Waals surface area contributed by atoms with Gasteiger partial charge in [0.05, 0.1) is 11.2 Å². The maximum Gasteiger partial charge on any atom is 0.152 e. The zero-order valence-corrected chi connectivity index (χ0v) is 9.19. The minimum absolute atomic E-state index is 0.0212. The summed E-state index contributed by atoms with van der Waals surface area (Å²) < 4.78 is 0. The van der Waals surface area contributed by atoms with Crippen molar-refractivity contribution in [1.82, 2.24) is 5.01 Å². The van der Waals surface area contributed by atoms with Crippen LogP contribution in [0.25, 0.3) is 0 Å². The minimum Gasteiger partial charge on any atom is -0.507 e. The summed E-state index contributed by atoms with van der Waals surface area (Å²) in [7, 11) is 3.47. The molecule has 0 aliphatic rings. The predicted molar refractivity (Wildman–Crippen MR) is 59.8 cm³/mol. The molecule has 0 saturated carbocycles. The van der Waals surface area contributed by atoms with E-state index in [1.54, 1.807) is 19.1 Å². The van der Waals surface area contributed by atoms with Crippen LogP contribution in [0.5, 0.6) is 5.75 Å². The highest BCUT2D eigenvalue weighted by Gasteiger charge is 2.09. The number of benzene rings is 1. The lowest BCUT2D eigenvalue weighted by Crippen LogP contribution is -2.03. The summed E-state index contributed by atoms with van der Waals surface area (Å²) in [5.74, 6) is -0.0212. The molecule has 5 heteroatoms. The van der Waals surface area contributed by atoms with Crippen molar-refractivity contribution in [3.8, 4) is 5.75 Å². The number of rotatable bonds is 3. The Bertz CT molecular complexity index is 403. The average molecular weight is 227 g/mol. The third kappa shape index (κ3) is 2.70. The predicted octanol–water partition coefficient (Wildman–Crippen LogP) is 1.75. The van der Waals surface area contributed by atoms with Crippen molar-refractivity contribution in [2.24, 2.45) is 5.10 Å². The van der Waals surface area contributed by atoms with Gasteiger partial charge in [0.25, 0.3) is 0 Å². The van der Waals surface area contributed by atoms with Gasteiger partial charge in [0.2, 0.25) is 0 Å². The molecule has 0 aliphatic carbocycles. The first-order chi connectivity index (χ1) is 7.06. The minimum atomic E-state index is -0.0212. The quantitative estimate of drug-likeness (QED) is 0.485. The number of hydrazone groups is 1. The topological polar surface area (TPSA) is 52.9 Å². The van der Waals surface area contributed by atoms with Crippen LogP contribution in [0, 0.1) is 0 Å². The van der Waals surface area contributed by atoms with Crippen molar-refractivity contribution in [1.29, 1.82) is 0 Å². The first kappa shape index (κ1) is 11.5. The van der Waals surface area contributed by atoms with Crippen molar-refractivity contribution in [3.05, 3.63) is 28.3 Å². The van der Waals surface area contributed by atoms with Crippen LogP contribution in [0.1, 0.15) is 15.9 Å². The second-order valence-electron chi connectivity index (χ2n) is 3.10. The molecule has 0 heterocycles. The number of phenols is 1. The first-order valence-corrected chi connectivity index (χ1v) is 4.62. The molecule has 0 atom stereocenters. The lowest BCUT2D eigenvalue weighted by Gasteiger charge is -2.06. The second kappa shape index (κ2) is 4.79. The SMILES string of the molecule is CN(C)/N=C\c1c(O)ccc(Cl)c1C=O. The van der Waals surface area contributed by atoms with E-state index >= 15 is 0 Å². The molecule has 1 rings (SSSR count). The molecule has 0 unspecified atom stereocenters. The van der Waals surface area contributed by atoms with Gasteiger partial charge >= 0.3 is 0 Å². The molecular formula is C10H11ClN2O2. The summed E-state index contributed by atoms with van der Waals surface area (Å²) in [5, 5.41) is 15.3. The molecule has 0 bridgehead atoms. The van der Waals surface area contributed by atoms with Crippen LogP contribution in [0.2, 0.25) is 5.02 Å². The Kier molecular flexibility index (Phi) is 3.68. The molecule has 15 heavy (non-hydrogen) atoms. The molecule has 0 fully saturated rings. The average Bonchev–Trinajstić information content (AvgIpc) is 2.19. The Hall–Kier alpha value is -1.55. The molecular weight excluding hydrogens is 216 g/mol. The molecule has 0 aromatic heterocycles. The van der Waals surface area contributed by atoms with E-state index in [4.69, 9.17) is 11.6 Å². The fourth-order valence-electron chi connectivity index (χ4n) is 1.03. The Morgan fingerprint density at radius 2 is 2.07 bits per heavy atom. The smallest absolute Gasteiger partial charge is 0.152 e. The van der Waals surface area contributed by atoms with Crippen LogP contribution in [0.15, 0.2) is 17.2 Å². The molecule has 4 nitrogen and oxygen atoms in total. The van der Waals surface area contributed by atoms with Crippen LogP contribution >= 0.6 is 11.6 Å². The lowest BCUT2D eigenvalue weighted by molar-refractivity contribution is 0.112. The van der Waals surface area contributed by atoms with E-state index in [1.807, 2.05) is 0 Å². The number of nitrogens with zero attached hydrogens (tertiary/aromatic N) is 2. The number of hydrogen-bond acceptors (Lipinski definition) is 4. The molecule has 0 aliphatic heterocycles. The summed E-state index contributed by atoms with van der Waals surface area (Å²) in [6, 6.07) is 2.89. The van der Waals surface area contributed by atoms with E-state index in [0.29, 0.717) is 16.9 Å². The van der Waals surface area contributed by atoms with Gasteiger partial charge in [-0.2, -0.15) is 5.10 Å². The van der Waals surface area contributed by atoms with Gasteiger partial charge in [0, 0.05) is 25.2 Å². The third-order valence-electron chi connectivity index (χ3n) is 1.75. The van der Waals surface area contributed by atoms with Crippen molar-refractivity contribution in [2.75, 3.05) is 14.1 Å². The molecule has 1 N–H and O–H groups in total. The fraction of sp³-hybridized carbons (Fsp3) is 0.200. The van der Waals surface area contributed by atoms with Crippen LogP contribution < -0.4 is 0 Å². The number of aldehydes is 1. The highest BCUT2D eigenvalue weighted by atomic mass is 35.5. The van der Waals surface area contributed by atoms with Gasteiger partial charge < -0.3 is 10.1 Å². The zero-order chi connectivity index (χ0) is 11.4. The van der Waals surface area contributed by atoms with Gasteiger partial charge in [-0.15, -0.1) is 0 Å². The molecule has 0 saturated heterocycles. The van der Waals surface area contributed by atoms with Crippen LogP contribution in [-0.2, 0) is 0 Å². The van der Waals surface area contributed by atoms with Crippen LogP contribution in [0.3, 0.4) is 0 Å². The second-order valence-corrected chi connectivity index (χ2v) is 3.51. The molecule has 0 spiro atoms. The van der Waals surface area contributed by atoms with Crippen molar-refractivity contribution in [3.63, 3.8) is 0 Å². The number of carbonyl (C=O) groups excluding carboxylic acids is 1. The third-order valence-corrected chi connectivity index (χ3v) is 2.08. The van der Waals surface area contributed by atoms with Gasteiger partial charge in [-0.05, 0) is 12.1 Å². The number of hydrogen-bond donors (Lipinski definition) is 1. The van der Waals surface area contributed by atoms with Gasteiger partial charge in [-0.25, -0.2) is 0 Å². The molecule has 80 valence electrons. The monoisotopic (exact) mass is 226 g/mol. The number of aromatic hydroxyl groups is 1. The van der Waals surface area contributed by atoms with E-state index in [9.17, 15) is 9.90 Å². The fourth-order valence-corrected chi connectivity index (χ4v) is 1.24. The van der Waals surface area contributed by atoms with Crippen molar-refractivity contribution < 1.29 is 9.90 Å². The van der Waals surface area contributed by atoms with Crippen molar-refractivity contribution in [2.45, 2.75) is 0 Å². The molecule has 0 radical (unpaired) electrons. The van der Waals surface area contributed by atoms with Crippen molar-refractivity contribution >= 4 is 24.1 Å². The van der Waals surface area contributed by atoms with Gasteiger partial charge in [-0.1, -0.05) is 11.6 Å². The van der Waals surface area contributed by atoms with E-state index in [-0.39, 0.29) is 11.3 Å². The summed E-state index contributed by atoms with van der Waals surface area (Å²) in [6.45, 7) is 0. The number of halogens is 1. The number of phenolic OH excluding ortho intramolecular Hbond substituents is 1. The largest absolute Gasteiger partial charge is 0.507 e. The Morgan fingerprint density at radius 3 is 2.60 bits per heavy atom. The van der Waals surface area contributed by atoms with Gasteiger partial charge in [0.15, 0.2) is 6.29 Å². The zero-order valence-electron chi connectivity index (χ0n) is 8.44. The summed E-state index contributed by atoms with van der Waals surface area (Å²) in [6.07, 6.45) is 1.99. The van der Waals surface area contributed by atoms with Gasteiger partial charge in [0.1, 0.15) is 5.75 Å². The Labute approximate surface area is 92.8 Å². The molecule has 1 aromatic rings. The summed E-state index contributed by atoms with van der Waals surface area (Å²) in [5.41, 5.74) is 0.563. The van der Waals surface area contributed by atoms with E-state index in [2.05, 4.69) is 5.10 Å². The highest BCUT2D eigenvalue weighted by Crippen LogP contribution is 2.25. The maximum absolute atomic E-state index is 10.8. The Morgan fingerprint density at radius 1 is 1.40 bits per heavy atom. The Balaban J connectivity index is 3.25. The maximum atomic E-state index is 10.8. The van der Waals surface area contributed by atoms with E-state index < -0.39 is 0 Å². The van der Waals surface area contributed by atoms with Gasteiger partial charge in [-0.3, -0.25) is 4.79 Å². The standard InChI is InChI=1S/C10H11ClN2O2/c1-13(2)12-5-7-8(6-14)9(11)3-4-10(7)15/h3-6,15H,1-2H3/b12-5-. The summed E-state index contributed by atoms with van der Waals surface area (Å²) in [4.78, 5) is 10.8. The molecule has 1 aromatic carbocycles. The van der Waals surface area contributed by atoms with E-state index in [1.165, 1.54) is 18.3 Å². The van der Waals surface area contributed by atoms with Crippen LogP contribution in [-0.4, -0.2) is 36.7 Å². The first-order valence-electron chi connectivity index (χ1n) is 4.24.